The minimum Gasteiger partial charge on any atom is -0.253 e. The predicted molar refractivity (Wildman–Crippen MR) is 71.3 cm³/mol. The highest BCUT2D eigenvalue weighted by Gasteiger charge is 1.92. The van der Waals surface area contributed by atoms with Crippen LogP contribution in [-0.2, 0) is 0 Å². The van der Waals surface area contributed by atoms with Gasteiger partial charge in [-0.25, -0.2) is 0 Å². The van der Waals surface area contributed by atoms with Crippen LogP contribution in [0.15, 0.2) is 24.0 Å². The van der Waals surface area contributed by atoms with Crippen molar-refractivity contribution in [2.45, 2.75) is 41.0 Å². The number of hydrogen-bond donors (Lipinski definition) is 0. The zero-order valence-electron chi connectivity index (χ0n) is 11.0. The van der Waals surface area contributed by atoms with E-state index in [4.69, 9.17) is 0 Å². The molecule has 1 aromatic rings. The molecule has 0 saturated carbocycles. The lowest BCUT2D eigenvalue weighted by Gasteiger charge is -1.86. The number of allylic oxidation sites excluding steroid dienone is 2. The molecule has 2 nitrogen and oxygen atoms in total. The summed E-state index contributed by atoms with van der Waals surface area (Å²) in [7, 11) is 0. The molecule has 0 unspecified atom stereocenters. The zero-order chi connectivity index (χ0) is 12.4. The minimum absolute atomic E-state index is 0.952. The summed E-state index contributed by atoms with van der Waals surface area (Å²) in [5.74, 6) is 0. The van der Waals surface area contributed by atoms with Crippen LogP contribution in [0.4, 0.5) is 0 Å². The quantitative estimate of drug-likeness (QED) is 0.668. The maximum atomic E-state index is 4.24. The van der Waals surface area contributed by atoms with E-state index in [2.05, 4.69) is 35.1 Å². The van der Waals surface area contributed by atoms with Gasteiger partial charge in [0.15, 0.2) is 0 Å². The third-order valence-corrected chi connectivity index (χ3v) is 1.87. The summed E-state index contributed by atoms with van der Waals surface area (Å²) in [6, 6.07) is 0. The molecule has 0 bridgehead atoms. The zero-order valence-corrected chi connectivity index (χ0v) is 11.0. The molecular formula is C14H22N2. The van der Waals surface area contributed by atoms with Crippen LogP contribution in [0, 0.1) is 0 Å². The summed E-state index contributed by atoms with van der Waals surface area (Å²) in [6.45, 7) is 10.1. The van der Waals surface area contributed by atoms with Crippen molar-refractivity contribution < 1.29 is 0 Å². The SMILES string of the molecule is CC.CC.CC1=CCC=c2nccnc2=C1. The molecule has 1 heterocycles. The molecule has 0 atom stereocenters. The van der Waals surface area contributed by atoms with Crippen LogP contribution in [0.5, 0.6) is 0 Å². The highest BCUT2D eigenvalue weighted by atomic mass is 14.8. The molecule has 0 fully saturated rings. The molecule has 0 spiro atoms. The number of fused-ring (bicyclic) bond motifs is 1. The third-order valence-electron chi connectivity index (χ3n) is 1.87. The van der Waals surface area contributed by atoms with Crippen molar-refractivity contribution in [1.29, 1.82) is 0 Å². The van der Waals surface area contributed by atoms with E-state index < -0.39 is 0 Å². The predicted octanol–water partition coefficient (Wildman–Crippen LogP) is 2.44. The second-order valence-corrected chi connectivity index (χ2v) is 2.86. The summed E-state index contributed by atoms with van der Waals surface area (Å²) >= 11 is 0. The molecule has 1 aromatic heterocycles. The monoisotopic (exact) mass is 218 g/mol. The second kappa shape index (κ2) is 8.84. The molecule has 2 rings (SSSR count). The van der Waals surface area contributed by atoms with Gasteiger partial charge in [0.05, 0.1) is 10.7 Å². The van der Waals surface area contributed by atoms with E-state index in [9.17, 15) is 0 Å². The van der Waals surface area contributed by atoms with Gasteiger partial charge >= 0.3 is 0 Å². The molecule has 0 aromatic carbocycles. The molecule has 1 aliphatic rings. The number of rotatable bonds is 0. The first-order chi connectivity index (χ1) is 7.86. The van der Waals surface area contributed by atoms with Crippen LogP contribution in [0.2, 0.25) is 0 Å². The summed E-state index contributed by atoms with van der Waals surface area (Å²) in [5, 5.41) is 1.97. The third kappa shape index (κ3) is 4.39. The second-order valence-electron chi connectivity index (χ2n) is 2.86. The van der Waals surface area contributed by atoms with Crippen LogP contribution in [0.1, 0.15) is 41.0 Å². The molecular weight excluding hydrogens is 196 g/mol. The molecule has 1 aliphatic carbocycles. The van der Waals surface area contributed by atoms with Crippen LogP contribution < -0.4 is 10.7 Å². The van der Waals surface area contributed by atoms with Crippen LogP contribution in [-0.4, -0.2) is 9.97 Å². The van der Waals surface area contributed by atoms with Gasteiger partial charge in [0.25, 0.3) is 0 Å². The first-order valence-corrected chi connectivity index (χ1v) is 6.02. The van der Waals surface area contributed by atoms with Crippen molar-refractivity contribution in [3.63, 3.8) is 0 Å². The van der Waals surface area contributed by atoms with Crippen LogP contribution in [0.25, 0.3) is 12.2 Å². The van der Waals surface area contributed by atoms with E-state index in [1.54, 1.807) is 12.4 Å². The van der Waals surface area contributed by atoms with Crippen molar-refractivity contribution in [3.8, 4) is 0 Å². The lowest BCUT2D eigenvalue weighted by Crippen LogP contribution is -2.30. The molecule has 0 aliphatic heterocycles. The largest absolute Gasteiger partial charge is 0.253 e. The highest BCUT2D eigenvalue weighted by molar-refractivity contribution is 5.47. The number of hydrogen-bond acceptors (Lipinski definition) is 2. The first-order valence-electron chi connectivity index (χ1n) is 6.02. The molecule has 0 radical (unpaired) electrons. The van der Waals surface area contributed by atoms with Gasteiger partial charge in [0.2, 0.25) is 0 Å². The maximum absolute atomic E-state index is 4.24. The lowest BCUT2D eigenvalue weighted by molar-refractivity contribution is 1.09. The Balaban J connectivity index is 0.000000509. The fourth-order valence-corrected chi connectivity index (χ4v) is 1.26. The van der Waals surface area contributed by atoms with Gasteiger partial charge in [-0.1, -0.05) is 45.4 Å². The fourth-order valence-electron chi connectivity index (χ4n) is 1.26. The summed E-state index contributed by atoms with van der Waals surface area (Å²) in [6.07, 6.45) is 10.7. The minimum atomic E-state index is 0.952. The van der Waals surface area contributed by atoms with E-state index in [-0.39, 0.29) is 0 Å². The van der Waals surface area contributed by atoms with Gasteiger partial charge in [-0.2, -0.15) is 0 Å². The maximum Gasteiger partial charge on any atom is 0.0886 e. The van der Waals surface area contributed by atoms with Crippen molar-refractivity contribution in [2.24, 2.45) is 0 Å². The van der Waals surface area contributed by atoms with Gasteiger partial charge in [-0.3, -0.25) is 9.97 Å². The average Bonchev–Trinajstić information content (AvgIpc) is 2.55. The Hall–Kier alpha value is -1.44. The van der Waals surface area contributed by atoms with Crippen LogP contribution in [0.3, 0.4) is 0 Å². The van der Waals surface area contributed by atoms with Gasteiger partial charge in [0, 0.05) is 12.4 Å². The fraction of sp³-hybridized carbons (Fsp3) is 0.429. The van der Waals surface area contributed by atoms with E-state index in [1.807, 2.05) is 27.7 Å². The lowest BCUT2D eigenvalue weighted by atomic mass is 10.2. The Morgan fingerprint density at radius 2 is 1.44 bits per heavy atom. The number of aromatic nitrogens is 2. The topological polar surface area (TPSA) is 25.8 Å². The van der Waals surface area contributed by atoms with E-state index >= 15 is 0 Å². The van der Waals surface area contributed by atoms with Crippen molar-refractivity contribution in [3.05, 3.63) is 34.7 Å². The Labute approximate surface area is 98.5 Å². The number of nitrogens with zero attached hydrogens (tertiary/aromatic N) is 2. The van der Waals surface area contributed by atoms with Crippen molar-refractivity contribution >= 4 is 12.2 Å². The van der Waals surface area contributed by atoms with E-state index in [0.29, 0.717) is 0 Å². The Bertz CT molecular complexity index is 430. The van der Waals surface area contributed by atoms with E-state index in [0.717, 1.165) is 17.1 Å². The Morgan fingerprint density at radius 3 is 2.06 bits per heavy atom. The molecule has 0 saturated heterocycles. The Kier molecular flexibility index (Phi) is 8.04. The molecule has 2 heteroatoms. The Morgan fingerprint density at radius 1 is 0.875 bits per heavy atom. The van der Waals surface area contributed by atoms with Gasteiger partial charge in [-0.05, 0) is 19.4 Å². The average molecular weight is 218 g/mol. The first kappa shape index (κ1) is 14.6. The van der Waals surface area contributed by atoms with Gasteiger partial charge in [-0.15, -0.1) is 0 Å². The standard InChI is InChI=1S/C10H10N2.2C2H6/c1-8-3-2-4-9-10(7-8)12-6-5-11-9;2*1-2/h3-7H,2H2,1H3;2*1-2H3. The normalized spacial score (nSPS) is 11.9. The van der Waals surface area contributed by atoms with Gasteiger partial charge < -0.3 is 0 Å². The van der Waals surface area contributed by atoms with Crippen molar-refractivity contribution in [2.75, 3.05) is 0 Å². The summed E-state index contributed by atoms with van der Waals surface area (Å²) in [4.78, 5) is 8.47. The smallest absolute Gasteiger partial charge is 0.0886 e. The molecule has 16 heavy (non-hydrogen) atoms. The highest BCUT2D eigenvalue weighted by Crippen LogP contribution is 1.98. The van der Waals surface area contributed by atoms with Crippen molar-refractivity contribution in [1.82, 2.24) is 9.97 Å². The summed E-state index contributed by atoms with van der Waals surface area (Å²) < 4.78 is 0. The molecule has 0 amide bonds. The van der Waals surface area contributed by atoms with E-state index in [1.165, 1.54) is 5.57 Å². The molecule has 88 valence electrons. The van der Waals surface area contributed by atoms with Crippen LogP contribution >= 0.6 is 0 Å². The summed E-state index contributed by atoms with van der Waals surface area (Å²) in [5.41, 5.74) is 1.26. The molecule has 0 N–H and O–H groups in total. The van der Waals surface area contributed by atoms with Gasteiger partial charge in [0.1, 0.15) is 0 Å².